The van der Waals surface area contributed by atoms with Crippen molar-refractivity contribution in [2.75, 3.05) is 13.2 Å². The molecular weight excluding hydrogens is 404 g/mol. The van der Waals surface area contributed by atoms with E-state index in [4.69, 9.17) is 14.2 Å². The summed E-state index contributed by atoms with van der Waals surface area (Å²) in [4.78, 5) is 12.3. The second-order valence-corrected chi connectivity index (χ2v) is 7.15. The van der Waals surface area contributed by atoms with Crippen LogP contribution in [0.4, 0.5) is 11.4 Å². The van der Waals surface area contributed by atoms with E-state index in [9.17, 15) is 4.79 Å². The number of hydrogen-bond acceptors (Lipinski definition) is 6. The number of ether oxygens (including phenoxy) is 3. The Balaban J connectivity index is 1.52. The molecule has 0 unspecified atom stereocenters. The fourth-order valence-electron chi connectivity index (χ4n) is 2.71. The summed E-state index contributed by atoms with van der Waals surface area (Å²) in [5.74, 6) is 1.57. The largest absolute Gasteiger partial charge is 0.494 e. The Morgan fingerprint density at radius 3 is 1.69 bits per heavy atom. The standard InChI is InChI=1S/C26H28N2O4/c1-3-5-19-31-24-14-8-21(9-15-24)27-28-22-10-16-25(17-11-22)32-26(29)20-6-12-23(13-7-20)30-18-4-2/h6-17H,3-5,18-19H2,1-2H3. The van der Waals surface area contributed by atoms with Gasteiger partial charge in [0.25, 0.3) is 0 Å². The molecule has 0 amide bonds. The van der Waals surface area contributed by atoms with Gasteiger partial charge >= 0.3 is 5.97 Å². The predicted molar refractivity (Wildman–Crippen MR) is 125 cm³/mol. The summed E-state index contributed by atoms with van der Waals surface area (Å²) in [6.07, 6.45) is 3.07. The van der Waals surface area contributed by atoms with Crippen molar-refractivity contribution in [2.45, 2.75) is 33.1 Å². The molecule has 0 aliphatic carbocycles. The van der Waals surface area contributed by atoms with Crippen LogP contribution in [0.1, 0.15) is 43.5 Å². The highest BCUT2D eigenvalue weighted by atomic mass is 16.5. The SMILES string of the molecule is CCCCOc1ccc(N=Nc2ccc(OC(=O)c3ccc(OCCC)cc3)cc2)cc1. The van der Waals surface area contributed by atoms with Crippen LogP contribution in [0.15, 0.2) is 83.0 Å². The zero-order chi connectivity index (χ0) is 22.6. The van der Waals surface area contributed by atoms with E-state index in [-0.39, 0.29) is 0 Å². The van der Waals surface area contributed by atoms with E-state index in [2.05, 4.69) is 17.2 Å². The van der Waals surface area contributed by atoms with Crippen molar-refractivity contribution in [3.8, 4) is 17.2 Å². The summed E-state index contributed by atoms with van der Waals surface area (Å²) in [5.41, 5.74) is 1.85. The number of hydrogen-bond donors (Lipinski definition) is 0. The minimum absolute atomic E-state index is 0.428. The maximum Gasteiger partial charge on any atom is 0.343 e. The van der Waals surface area contributed by atoms with Gasteiger partial charge in [0, 0.05) is 0 Å². The molecule has 0 fully saturated rings. The van der Waals surface area contributed by atoms with Gasteiger partial charge in [0.1, 0.15) is 17.2 Å². The van der Waals surface area contributed by atoms with Gasteiger partial charge in [-0.25, -0.2) is 4.79 Å². The Labute approximate surface area is 188 Å². The Kier molecular flexibility index (Phi) is 8.80. The van der Waals surface area contributed by atoms with Crippen LogP contribution >= 0.6 is 0 Å². The first-order valence-corrected chi connectivity index (χ1v) is 10.9. The monoisotopic (exact) mass is 432 g/mol. The molecule has 0 spiro atoms. The predicted octanol–water partition coefficient (Wildman–Crippen LogP) is 7.29. The number of benzene rings is 3. The number of carbonyl (C=O) groups is 1. The lowest BCUT2D eigenvalue weighted by Crippen LogP contribution is -2.08. The van der Waals surface area contributed by atoms with Crippen LogP contribution in [-0.4, -0.2) is 19.2 Å². The summed E-state index contributed by atoms with van der Waals surface area (Å²) in [7, 11) is 0. The van der Waals surface area contributed by atoms with Gasteiger partial charge in [0.15, 0.2) is 0 Å². The van der Waals surface area contributed by atoms with E-state index in [1.165, 1.54) is 0 Å². The molecule has 0 aromatic heterocycles. The van der Waals surface area contributed by atoms with Crippen LogP contribution in [-0.2, 0) is 0 Å². The highest BCUT2D eigenvalue weighted by Crippen LogP contribution is 2.24. The number of azo groups is 1. The number of esters is 1. The van der Waals surface area contributed by atoms with Crippen molar-refractivity contribution in [2.24, 2.45) is 10.2 Å². The van der Waals surface area contributed by atoms with Crippen LogP contribution in [0.3, 0.4) is 0 Å². The Bertz CT molecular complexity index is 998. The quantitative estimate of drug-likeness (QED) is 0.138. The lowest BCUT2D eigenvalue weighted by Gasteiger charge is -2.07. The van der Waals surface area contributed by atoms with E-state index in [1.807, 2.05) is 31.2 Å². The van der Waals surface area contributed by atoms with Crippen molar-refractivity contribution >= 4 is 17.3 Å². The Morgan fingerprint density at radius 1 is 0.656 bits per heavy atom. The third kappa shape index (κ3) is 7.23. The van der Waals surface area contributed by atoms with Gasteiger partial charge in [0.2, 0.25) is 0 Å². The van der Waals surface area contributed by atoms with E-state index in [1.54, 1.807) is 48.5 Å². The molecule has 166 valence electrons. The molecule has 3 aromatic rings. The first-order chi connectivity index (χ1) is 15.7. The van der Waals surface area contributed by atoms with Gasteiger partial charge in [0.05, 0.1) is 30.2 Å². The maximum atomic E-state index is 12.3. The van der Waals surface area contributed by atoms with Crippen LogP contribution in [0, 0.1) is 0 Å². The first-order valence-electron chi connectivity index (χ1n) is 10.9. The Hall–Kier alpha value is -3.67. The van der Waals surface area contributed by atoms with Gasteiger partial charge in [-0.1, -0.05) is 20.3 Å². The van der Waals surface area contributed by atoms with Crippen molar-refractivity contribution in [3.63, 3.8) is 0 Å². The normalized spacial score (nSPS) is 10.8. The van der Waals surface area contributed by atoms with Gasteiger partial charge in [-0.15, -0.1) is 0 Å². The van der Waals surface area contributed by atoms with Gasteiger partial charge in [-0.3, -0.25) is 0 Å². The second kappa shape index (κ2) is 12.2. The molecule has 0 aliphatic rings. The molecule has 0 radical (unpaired) electrons. The molecule has 0 aliphatic heterocycles. The zero-order valence-corrected chi connectivity index (χ0v) is 18.5. The molecule has 0 N–H and O–H groups in total. The van der Waals surface area contributed by atoms with Crippen molar-refractivity contribution in [1.29, 1.82) is 0 Å². The maximum absolute atomic E-state index is 12.3. The zero-order valence-electron chi connectivity index (χ0n) is 18.5. The lowest BCUT2D eigenvalue weighted by molar-refractivity contribution is 0.0734. The fraction of sp³-hybridized carbons (Fsp3) is 0.269. The van der Waals surface area contributed by atoms with Crippen LogP contribution < -0.4 is 14.2 Å². The molecule has 6 heteroatoms. The highest BCUT2D eigenvalue weighted by molar-refractivity contribution is 5.91. The van der Waals surface area contributed by atoms with Crippen LogP contribution in [0.2, 0.25) is 0 Å². The Morgan fingerprint density at radius 2 is 1.16 bits per heavy atom. The molecule has 3 aromatic carbocycles. The second-order valence-electron chi connectivity index (χ2n) is 7.15. The third-order valence-electron chi connectivity index (χ3n) is 4.49. The van der Waals surface area contributed by atoms with E-state index in [0.717, 1.165) is 36.4 Å². The van der Waals surface area contributed by atoms with Crippen molar-refractivity contribution in [3.05, 3.63) is 78.4 Å². The molecule has 6 nitrogen and oxygen atoms in total. The fourth-order valence-corrected chi connectivity index (χ4v) is 2.71. The topological polar surface area (TPSA) is 69.5 Å². The summed E-state index contributed by atoms with van der Waals surface area (Å²) in [5, 5.41) is 8.46. The first kappa shape index (κ1) is 23.0. The minimum Gasteiger partial charge on any atom is -0.494 e. The lowest BCUT2D eigenvalue weighted by atomic mass is 10.2. The highest BCUT2D eigenvalue weighted by Gasteiger charge is 2.09. The van der Waals surface area contributed by atoms with E-state index in [0.29, 0.717) is 30.2 Å². The molecule has 0 bridgehead atoms. The molecule has 0 saturated heterocycles. The van der Waals surface area contributed by atoms with Crippen LogP contribution in [0.5, 0.6) is 17.2 Å². The van der Waals surface area contributed by atoms with Crippen LogP contribution in [0.25, 0.3) is 0 Å². The molecule has 0 atom stereocenters. The van der Waals surface area contributed by atoms with Gasteiger partial charge < -0.3 is 14.2 Å². The minimum atomic E-state index is -0.428. The smallest absolute Gasteiger partial charge is 0.343 e. The van der Waals surface area contributed by atoms with E-state index >= 15 is 0 Å². The number of carbonyl (C=O) groups excluding carboxylic acids is 1. The summed E-state index contributed by atoms with van der Waals surface area (Å²) >= 11 is 0. The molecule has 0 heterocycles. The molecule has 32 heavy (non-hydrogen) atoms. The van der Waals surface area contributed by atoms with Gasteiger partial charge in [-0.05, 0) is 85.6 Å². The van der Waals surface area contributed by atoms with Crippen molar-refractivity contribution < 1.29 is 19.0 Å². The average Bonchev–Trinajstić information content (AvgIpc) is 2.83. The summed E-state index contributed by atoms with van der Waals surface area (Å²) in [6, 6.07) is 21.3. The van der Waals surface area contributed by atoms with Crippen molar-refractivity contribution in [1.82, 2.24) is 0 Å². The average molecular weight is 433 g/mol. The number of nitrogens with zero attached hydrogens (tertiary/aromatic N) is 2. The molecule has 0 saturated carbocycles. The summed E-state index contributed by atoms with van der Waals surface area (Å²) < 4.78 is 16.6. The number of rotatable bonds is 11. The third-order valence-corrected chi connectivity index (χ3v) is 4.49. The molecular formula is C26H28N2O4. The summed E-state index contributed by atoms with van der Waals surface area (Å²) in [6.45, 7) is 5.53. The van der Waals surface area contributed by atoms with E-state index < -0.39 is 5.97 Å². The number of unbranched alkanes of at least 4 members (excludes halogenated alkanes) is 1. The molecule has 3 rings (SSSR count). The van der Waals surface area contributed by atoms with Gasteiger partial charge in [-0.2, -0.15) is 10.2 Å².